The molecule has 3 rings (SSSR count). The first kappa shape index (κ1) is 12.3. The summed E-state index contributed by atoms with van der Waals surface area (Å²) < 4.78 is 1.01. The lowest BCUT2D eigenvalue weighted by Crippen LogP contribution is -2.30. The summed E-state index contributed by atoms with van der Waals surface area (Å²) in [6.45, 7) is 2.42. The third-order valence-corrected chi connectivity index (χ3v) is 4.44. The highest BCUT2D eigenvalue weighted by molar-refractivity contribution is 7.21. The highest BCUT2D eigenvalue weighted by Gasteiger charge is 2.18. The fourth-order valence-corrected chi connectivity index (χ4v) is 3.37. The molecule has 0 spiro atoms. The molecule has 1 aliphatic heterocycles. The van der Waals surface area contributed by atoms with E-state index in [1.165, 1.54) is 17.7 Å². The minimum atomic E-state index is -0.229. The maximum atomic E-state index is 12.2. The number of thiophene rings is 1. The summed E-state index contributed by atoms with van der Waals surface area (Å²) in [6.07, 6.45) is 1.44. The van der Waals surface area contributed by atoms with E-state index >= 15 is 0 Å². The molecule has 0 bridgehead atoms. The van der Waals surface area contributed by atoms with Crippen LogP contribution in [0.3, 0.4) is 0 Å². The Labute approximate surface area is 118 Å². The summed E-state index contributed by atoms with van der Waals surface area (Å²) >= 11 is 7.66. The molecule has 2 heterocycles. The number of hydrogen-bond acceptors (Lipinski definition) is 4. The number of benzene rings is 1. The fraction of sp³-hybridized carbons (Fsp3) is 0.154. The number of rotatable bonds is 1. The first-order valence-electron chi connectivity index (χ1n) is 5.70. The van der Waals surface area contributed by atoms with Gasteiger partial charge < -0.3 is 5.32 Å². The Balaban J connectivity index is 1.96. The molecule has 4 nitrogen and oxygen atoms in total. The zero-order valence-corrected chi connectivity index (χ0v) is 11.7. The molecule has 1 amide bonds. The van der Waals surface area contributed by atoms with Gasteiger partial charge in [0, 0.05) is 10.1 Å². The van der Waals surface area contributed by atoms with E-state index in [0.717, 1.165) is 15.6 Å². The van der Waals surface area contributed by atoms with E-state index < -0.39 is 0 Å². The van der Waals surface area contributed by atoms with Crippen molar-refractivity contribution in [1.29, 1.82) is 0 Å². The van der Waals surface area contributed by atoms with E-state index in [2.05, 4.69) is 15.3 Å². The Morgan fingerprint density at radius 2 is 2.32 bits per heavy atom. The van der Waals surface area contributed by atoms with Crippen molar-refractivity contribution < 1.29 is 4.79 Å². The van der Waals surface area contributed by atoms with Gasteiger partial charge in [0.2, 0.25) is 0 Å². The number of amides is 1. The van der Waals surface area contributed by atoms with Crippen molar-refractivity contribution in [3.8, 4) is 0 Å². The molecule has 0 saturated heterocycles. The van der Waals surface area contributed by atoms with Gasteiger partial charge in [-0.15, -0.1) is 11.3 Å². The lowest BCUT2D eigenvalue weighted by molar-refractivity contribution is 0.0981. The molecule has 0 radical (unpaired) electrons. The zero-order chi connectivity index (χ0) is 13.4. The molecule has 0 atom stereocenters. The van der Waals surface area contributed by atoms with E-state index in [4.69, 9.17) is 11.6 Å². The van der Waals surface area contributed by atoms with Gasteiger partial charge in [0.15, 0.2) is 0 Å². The molecule has 19 heavy (non-hydrogen) atoms. The fourth-order valence-electron chi connectivity index (χ4n) is 1.86. The van der Waals surface area contributed by atoms with Crippen LogP contribution in [0.5, 0.6) is 0 Å². The first-order chi connectivity index (χ1) is 9.15. The molecule has 0 aliphatic carbocycles. The number of carbonyl (C=O) groups is 1. The van der Waals surface area contributed by atoms with Gasteiger partial charge in [-0.25, -0.2) is 4.99 Å². The van der Waals surface area contributed by atoms with Crippen LogP contribution in [0, 0.1) is 6.92 Å². The van der Waals surface area contributed by atoms with Crippen molar-refractivity contribution in [2.45, 2.75) is 6.92 Å². The van der Waals surface area contributed by atoms with Crippen molar-refractivity contribution >= 4 is 51.1 Å². The van der Waals surface area contributed by atoms with Gasteiger partial charge in [-0.1, -0.05) is 23.7 Å². The minimum Gasteiger partial charge on any atom is -0.308 e. The van der Waals surface area contributed by atoms with E-state index in [0.29, 0.717) is 22.3 Å². The smallest absolute Gasteiger partial charge is 0.268 e. The Kier molecular flexibility index (Phi) is 3.08. The van der Waals surface area contributed by atoms with Crippen molar-refractivity contribution in [3.05, 3.63) is 33.7 Å². The SMILES string of the molecule is Cc1ccc2c(Cl)c(C(=O)NC3=NC=NC3)sc2c1. The van der Waals surface area contributed by atoms with Gasteiger partial charge in [-0.05, 0) is 18.6 Å². The van der Waals surface area contributed by atoms with Gasteiger partial charge in [0.25, 0.3) is 5.91 Å². The second-order valence-electron chi connectivity index (χ2n) is 4.23. The van der Waals surface area contributed by atoms with Crippen molar-refractivity contribution in [1.82, 2.24) is 5.32 Å². The standard InChI is InChI=1S/C13H10ClN3OS/c1-7-2-3-8-9(4-7)19-12(11(8)14)13(18)17-10-5-15-6-16-10/h2-4,6H,5H2,1H3,(H,15,16,17,18). The van der Waals surface area contributed by atoms with E-state index in [9.17, 15) is 4.79 Å². The predicted octanol–water partition coefficient (Wildman–Crippen LogP) is 3.03. The quantitative estimate of drug-likeness (QED) is 0.862. The van der Waals surface area contributed by atoms with Crippen molar-refractivity contribution in [2.75, 3.05) is 6.54 Å². The van der Waals surface area contributed by atoms with Gasteiger partial charge >= 0.3 is 0 Å². The number of nitrogens with one attached hydrogen (secondary N) is 1. The van der Waals surface area contributed by atoms with Crippen LogP contribution >= 0.6 is 22.9 Å². The maximum Gasteiger partial charge on any atom is 0.268 e. The third kappa shape index (κ3) is 2.27. The molecule has 1 aliphatic rings. The van der Waals surface area contributed by atoms with E-state index in [1.807, 2.05) is 25.1 Å². The summed E-state index contributed by atoms with van der Waals surface area (Å²) in [7, 11) is 0. The van der Waals surface area contributed by atoms with Crippen LogP contribution in [0.4, 0.5) is 0 Å². The van der Waals surface area contributed by atoms with E-state index in [-0.39, 0.29) is 5.91 Å². The predicted molar refractivity (Wildman–Crippen MR) is 79.8 cm³/mol. The molecule has 1 aromatic carbocycles. The number of carbonyl (C=O) groups excluding carboxylic acids is 1. The van der Waals surface area contributed by atoms with Gasteiger partial charge in [0.1, 0.15) is 17.1 Å². The summed E-state index contributed by atoms with van der Waals surface area (Å²) in [5.41, 5.74) is 1.14. The number of nitrogens with zero attached hydrogens (tertiary/aromatic N) is 2. The van der Waals surface area contributed by atoms with Crippen molar-refractivity contribution in [2.24, 2.45) is 9.98 Å². The topological polar surface area (TPSA) is 53.8 Å². The first-order valence-corrected chi connectivity index (χ1v) is 6.89. The van der Waals surface area contributed by atoms with Crippen molar-refractivity contribution in [3.63, 3.8) is 0 Å². The normalized spacial score (nSPS) is 13.9. The Hall–Kier alpha value is -1.72. The summed E-state index contributed by atoms with van der Waals surface area (Å²) in [6, 6.07) is 5.95. The lowest BCUT2D eigenvalue weighted by atomic mass is 10.2. The lowest BCUT2D eigenvalue weighted by Gasteiger charge is -2.01. The molecular formula is C13H10ClN3OS. The second kappa shape index (κ2) is 4.75. The molecule has 0 unspecified atom stereocenters. The number of aryl methyl sites for hydroxylation is 1. The number of halogens is 1. The summed E-state index contributed by atoms with van der Waals surface area (Å²) in [5.74, 6) is 0.322. The number of hydrogen-bond donors (Lipinski definition) is 1. The highest BCUT2D eigenvalue weighted by atomic mass is 35.5. The Morgan fingerprint density at radius 3 is 3.05 bits per heavy atom. The van der Waals surface area contributed by atoms with Crippen LogP contribution in [0.2, 0.25) is 5.02 Å². The molecule has 0 fully saturated rings. The van der Waals surface area contributed by atoms with Gasteiger partial charge in [0.05, 0.1) is 11.6 Å². The van der Waals surface area contributed by atoms with Gasteiger partial charge in [-0.3, -0.25) is 9.79 Å². The number of aliphatic imine (C=N–C) groups is 2. The number of fused-ring (bicyclic) bond motifs is 1. The molecule has 2 aromatic rings. The number of amidine groups is 1. The molecule has 6 heteroatoms. The Morgan fingerprint density at radius 1 is 1.47 bits per heavy atom. The monoisotopic (exact) mass is 291 g/mol. The van der Waals surface area contributed by atoms with Crippen LogP contribution in [0.1, 0.15) is 15.2 Å². The minimum absolute atomic E-state index is 0.229. The highest BCUT2D eigenvalue weighted by Crippen LogP contribution is 2.35. The molecule has 1 aromatic heterocycles. The molecule has 0 saturated carbocycles. The Bertz CT molecular complexity index is 733. The largest absolute Gasteiger partial charge is 0.308 e. The van der Waals surface area contributed by atoms with Crippen LogP contribution < -0.4 is 5.32 Å². The summed E-state index contributed by atoms with van der Waals surface area (Å²) in [5, 5.41) is 4.13. The zero-order valence-electron chi connectivity index (χ0n) is 10.1. The average molecular weight is 292 g/mol. The van der Waals surface area contributed by atoms with Gasteiger partial charge in [-0.2, -0.15) is 0 Å². The maximum absolute atomic E-state index is 12.2. The second-order valence-corrected chi connectivity index (χ2v) is 5.66. The molecule has 96 valence electrons. The van der Waals surface area contributed by atoms with Crippen LogP contribution in [-0.2, 0) is 0 Å². The van der Waals surface area contributed by atoms with E-state index in [1.54, 1.807) is 0 Å². The van der Waals surface area contributed by atoms with Crippen LogP contribution in [-0.4, -0.2) is 24.6 Å². The van der Waals surface area contributed by atoms with Crippen LogP contribution in [0.25, 0.3) is 10.1 Å². The average Bonchev–Trinajstić information content (AvgIpc) is 2.97. The molecular weight excluding hydrogens is 282 g/mol. The third-order valence-electron chi connectivity index (χ3n) is 2.79. The molecule has 1 N–H and O–H groups in total. The van der Waals surface area contributed by atoms with Crippen LogP contribution in [0.15, 0.2) is 28.2 Å². The summed E-state index contributed by atoms with van der Waals surface area (Å²) in [4.78, 5) is 20.5.